The van der Waals surface area contributed by atoms with Crippen molar-refractivity contribution in [2.75, 3.05) is 18.6 Å². The van der Waals surface area contributed by atoms with Gasteiger partial charge in [0.2, 0.25) is 0 Å². The van der Waals surface area contributed by atoms with Crippen LogP contribution in [0.1, 0.15) is 31.7 Å². The van der Waals surface area contributed by atoms with Gasteiger partial charge < -0.3 is 0 Å². The summed E-state index contributed by atoms with van der Waals surface area (Å²) >= 11 is 3.63. The molecular formula is C13H22BrN3O2S. The van der Waals surface area contributed by atoms with Crippen molar-refractivity contribution in [3.8, 4) is 0 Å². The van der Waals surface area contributed by atoms with Gasteiger partial charge in [-0.3, -0.25) is 9.58 Å². The van der Waals surface area contributed by atoms with Gasteiger partial charge >= 0.3 is 0 Å². The maximum Gasteiger partial charge on any atom is 0.151 e. The largest absolute Gasteiger partial charge is 0.297 e. The van der Waals surface area contributed by atoms with E-state index in [1.807, 2.05) is 11.7 Å². The number of rotatable bonds is 5. The Hall–Kier alpha value is -0.400. The van der Waals surface area contributed by atoms with E-state index in [0.29, 0.717) is 5.75 Å². The van der Waals surface area contributed by atoms with E-state index in [4.69, 9.17) is 0 Å². The monoisotopic (exact) mass is 363 g/mol. The SMILES string of the molecule is CCc1nn(CC)c(CN(C)C2CCS(=O)(=O)C2)c1Br. The maximum atomic E-state index is 11.6. The summed E-state index contributed by atoms with van der Waals surface area (Å²) in [4.78, 5) is 2.14. The van der Waals surface area contributed by atoms with Crippen molar-refractivity contribution in [2.24, 2.45) is 0 Å². The molecule has 0 amide bonds. The molecule has 1 fully saturated rings. The van der Waals surface area contributed by atoms with Gasteiger partial charge in [0.1, 0.15) is 0 Å². The van der Waals surface area contributed by atoms with E-state index in [-0.39, 0.29) is 11.8 Å². The zero-order valence-corrected chi connectivity index (χ0v) is 14.7. The molecule has 5 nitrogen and oxygen atoms in total. The van der Waals surface area contributed by atoms with E-state index in [1.54, 1.807) is 0 Å². The molecule has 0 spiro atoms. The van der Waals surface area contributed by atoms with E-state index in [0.717, 1.165) is 41.8 Å². The van der Waals surface area contributed by atoms with Crippen LogP contribution in [0.5, 0.6) is 0 Å². The molecule has 2 rings (SSSR count). The second kappa shape index (κ2) is 6.15. The molecule has 1 aromatic heterocycles. The summed E-state index contributed by atoms with van der Waals surface area (Å²) in [6.07, 6.45) is 1.62. The zero-order chi connectivity index (χ0) is 14.9. The van der Waals surface area contributed by atoms with Gasteiger partial charge in [-0.1, -0.05) is 6.92 Å². The van der Waals surface area contributed by atoms with Gasteiger partial charge in [0.15, 0.2) is 9.84 Å². The molecule has 0 saturated carbocycles. The maximum absolute atomic E-state index is 11.6. The van der Waals surface area contributed by atoms with Crippen LogP contribution in [0, 0.1) is 0 Å². The second-order valence-corrected chi connectivity index (χ2v) is 8.37. The molecule has 1 aliphatic rings. The van der Waals surface area contributed by atoms with Crippen LogP contribution >= 0.6 is 15.9 Å². The van der Waals surface area contributed by atoms with Crippen LogP contribution in [0.25, 0.3) is 0 Å². The van der Waals surface area contributed by atoms with E-state index in [1.165, 1.54) is 0 Å². The lowest BCUT2D eigenvalue weighted by Crippen LogP contribution is -2.33. The first kappa shape index (κ1) is 16.0. The van der Waals surface area contributed by atoms with E-state index < -0.39 is 9.84 Å². The second-order valence-electron chi connectivity index (χ2n) is 5.35. The van der Waals surface area contributed by atoms with Crippen LogP contribution in [-0.4, -0.2) is 47.7 Å². The minimum atomic E-state index is -2.83. The molecule has 1 aliphatic heterocycles. The molecular weight excluding hydrogens is 342 g/mol. The Morgan fingerprint density at radius 3 is 2.65 bits per heavy atom. The Morgan fingerprint density at radius 1 is 1.45 bits per heavy atom. The Balaban J connectivity index is 2.15. The van der Waals surface area contributed by atoms with Crippen molar-refractivity contribution in [1.29, 1.82) is 0 Å². The van der Waals surface area contributed by atoms with Gasteiger partial charge in [0.25, 0.3) is 0 Å². The average Bonchev–Trinajstić information content (AvgIpc) is 2.91. The van der Waals surface area contributed by atoms with Crippen molar-refractivity contribution in [1.82, 2.24) is 14.7 Å². The third-order valence-electron chi connectivity index (χ3n) is 3.93. The number of sulfone groups is 1. The van der Waals surface area contributed by atoms with Crippen molar-refractivity contribution >= 4 is 25.8 Å². The fraction of sp³-hybridized carbons (Fsp3) is 0.769. The topological polar surface area (TPSA) is 55.2 Å². The summed E-state index contributed by atoms with van der Waals surface area (Å²) in [7, 11) is -0.837. The van der Waals surface area contributed by atoms with Crippen LogP contribution in [0.2, 0.25) is 0 Å². The predicted molar refractivity (Wildman–Crippen MR) is 83.5 cm³/mol. The molecule has 1 saturated heterocycles. The summed E-state index contributed by atoms with van der Waals surface area (Å²) in [6.45, 7) is 5.71. The third kappa shape index (κ3) is 3.26. The first-order valence-corrected chi connectivity index (χ1v) is 9.64. The zero-order valence-electron chi connectivity index (χ0n) is 12.3. The molecule has 1 aromatic rings. The van der Waals surface area contributed by atoms with E-state index >= 15 is 0 Å². The van der Waals surface area contributed by atoms with Gasteiger partial charge in [-0.05, 0) is 42.7 Å². The fourth-order valence-corrected chi connectivity index (χ4v) is 5.15. The molecule has 0 bridgehead atoms. The quantitative estimate of drug-likeness (QED) is 0.800. The normalized spacial score (nSPS) is 21.8. The minimum absolute atomic E-state index is 0.122. The van der Waals surface area contributed by atoms with Gasteiger partial charge in [0, 0.05) is 19.1 Å². The molecule has 1 unspecified atom stereocenters. The molecule has 0 aliphatic carbocycles. The number of hydrogen-bond donors (Lipinski definition) is 0. The van der Waals surface area contributed by atoms with Crippen molar-refractivity contribution in [3.05, 3.63) is 15.9 Å². The highest BCUT2D eigenvalue weighted by atomic mass is 79.9. The van der Waals surface area contributed by atoms with Crippen molar-refractivity contribution < 1.29 is 8.42 Å². The lowest BCUT2D eigenvalue weighted by Gasteiger charge is -2.23. The molecule has 0 N–H and O–H groups in total. The van der Waals surface area contributed by atoms with Crippen LogP contribution in [-0.2, 0) is 29.3 Å². The number of hydrogen-bond acceptors (Lipinski definition) is 4. The average molecular weight is 364 g/mol. The Morgan fingerprint density at radius 2 is 2.15 bits per heavy atom. The molecule has 7 heteroatoms. The van der Waals surface area contributed by atoms with Crippen molar-refractivity contribution in [2.45, 2.75) is 45.8 Å². The molecule has 0 radical (unpaired) electrons. The molecule has 1 atom stereocenters. The van der Waals surface area contributed by atoms with Gasteiger partial charge in [-0.25, -0.2) is 8.42 Å². The van der Waals surface area contributed by atoms with Gasteiger partial charge in [-0.2, -0.15) is 5.10 Å². The Bertz CT molecular complexity index is 583. The van der Waals surface area contributed by atoms with E-state index in [2.05, 4.69) is 39.8 Å². The highest BCUT2D eigenvalue weighted by Crippen LogP contribution is 2.25. The van der Waals surface area contributed by atoms with Gasteiger partial charge in [0.05, 0.1) is 27.4 Å². The smallest absolute Gasteiger partial charge is 0.151 e. The number of nitrogens with zero attached hydrogens (tertiary/aromatic N) is 3. The first-order chi connectivity index (χ1) is 9.38. The summed E-state index contributed by atoms with van der Waals surface area (Å²) < 4.78 is 26.2. The summed E-state index contributed by atoms with van der Waals surface area (Å²) in [6, 6.07) is 0.122. The van der Waals surface area contributed by atoms with Crippen LogP contribution in [0.15, 0.2) is 4.47 Å². The fourth-order valence-electron chi connectivity index (χ4n) is 2.66. The number of aryl methyl sites for hydroxylation is 2. The van der Waals surface area contributed by atoms with Crippen LogP contribution in [0.3, 0.4) is 0 Å². The molecule has 20 heavy (non-hydrogen) atoms. The van der Waals surface area contributed by atoms with Crippen LogP contribution in [0.4, 0.5) is 0 Å². The Kier molecular flexibility index (Phi) is 4.92. The summed E-state index contributed by atoms with van der Waals surface area (Å²) in [5.41, 5.74) is 2.20. The van der Waals surface area contributed by atoms with Crippen LogP contribution < -0.4 is 0 Å². The first-order valence-electron chi connectivity index (χ1n) is 7.02. The highest BCUT2D eigenvalue weighted by Gasteiger charge is 2.31. The molecule has 2 heterocycles. The molecule has 0 aromatic carbocycles. The Labute approximate surface area is 129 Å². The van der Waals surface area contributed by atoms with E-state index in [9.17, 15) is 8.42 Å². The molecule has 114 valence electrons. The minimum Gasteiger partial charge on any atom is -0.297 e. The summed E-state index contributed by atoms with van der Waals surface area (Å²) in [5, 5.41) is 4.58. The lowest BCUT2D eigenvalue weighted by molar-refractivity contribution is 0.246. The predicted octanol–water partition coefficient (Wildman–Crippen LogP) is 1.85. The van der Waals surface area contributed by atoms with Gasteiger partial charge in [-0.15, -0.1) is 0 Å². The number of halogens is 1. The third-order valence-corrected chi connectivity index (χ3v) is 6.59. The highest BCUT2D eigenvalue weighted by molar-refractivity contribution is 9.10. The lowest BCUT2D eigenvalue weighted by atomic mass is 10.2. The van der Waals surface area contributed by atoms with Crippen molar-refractivity contribution in [3.63, 3.8) is 0 Å². The summed E-state index contributed by atoms with van der Waals surface area (Å²) in [5.74, 6) is 0.596. The standard InChI is InChI=1S/C13H22BrN3O2S/c1-4-11-13(14)12(17(5-2)15-11)8-16(3)10-6-7-20(18,19)9-10/h10H,4-9H2,1-3H3. The number of aromatic nitrogens is 2.